The van der Waals surface area contributed by atoms with Crippen LogP contribution in [0.5, 0.6) is 0 Å². The van der Waals surface area contributed by atoms with Crippen molar-refractivity contribution in [2.24, 2.45) is 0 Å². The summed E-state index contributed by atoms with van der Waals surface area (Å²) >= 11 is 12.1. The van der Waals surface area contributed by atoms with E-state index in [1.807, 2.05) is 12.1 Å². The second-order valence-electron chi connectivity index (χ2n) is 5.38. The van der Waals surface area contributed by atoms with Crippen LogP contribution in [0.15, 0.2) is 18.2 Å². The average molecular weight is 301 g/mol. The topological polar surface area (TPSA) is 15.3 Å². The third kappa shape index (κ3) is 4.09. The van der Waals surface area contributed by atoms with Gasteiger partial charge in [-0.1, -0.05) is 36.2 Å². The van der Waals surface area contributed by atoms with Crippen molar-refractivity contribution in [2.45, 2.75) is 38.3 Å². The van der Waals surface area contributed by atoms with Gasteiger partial charge in [0.05, 0.1) is 10.0 Å². The molecule has 0 amide bonds. The molecule has 1 heterocycles. The Morgan fingerprint density at radius 2 is 1.95 bits per heavy atom. The van der Waals surface area contributed by atoms with E-state index in [9.17, 15) is 0 Å². The molecule has 0 spiro atoms. The highest BCUT2D eigenvalue weighted by atomic mass is 35.5. The van der Waals surface area contributed by atoms with Gasteiger partial charge in [0.25, 0.3) is 0 Å². The lowest BCUT2D eigenvalue weighted by atomic mass is 9.99. The van der Waals surface area contributed by atoms with Crippen LogP contribution in [0.25, 0.3) is 0 Å². The number of halogens is 2. The van der Waals surface area contributed by atoms with E-state index < -0.39 is 0 Å². The molecule has 0 aliphatic carbocycles. The van der Waals surface area contributed by atoms with Crippen LogP contribution in [0.1, 0.15) is 37.8 Å². The molecule has 1 unspecified atom stereocenters. The van der Waals surface area contributed by atoms with Crippen LogP contribution in [0.2, 0.25) is 10.0 Å². The molecular weight excluding hydrogens is 279 g/mol. The van der Waals surface area contributed by atoms with Gasteiger partial charge in [-0.3, -0.25) is 0 Å². The number of hydrogen-bond acceptors (Lipinski definition) is 2. The van der Waals surface area contributed by atoms with Crippen molar-refractivity contribution in [3.05, 3.63) is 33.8 Å². The fourth-order valence-corrected chi connectivity index (χ4v) is 2.95. The summed E-state index contributed by atoms with van der Waals surface area (Å²) in [5.41, 5.74) is 1.23. The molecule has 0 bridgehead atoms. The normalized spacial score (nSPS) is 19.6. The molecule has 0 saturated carbocycles. The van der Waals surface area contributed by atoms with Crippen molar-refractivity contribution < 1.29 is 0 Å². The van der Waals surface area contributed by atoms with Gasteiger partial charge in [0.15, 0.2) is 0 Å². The molecule has 0 radical (unpaired) electrons. The van der Waals surface area contributed by atoms with E-state index in [-0.39, 0.29) is 0 Å². The van der Waals surface area contributed by atoms with Crippen molar-refractivity contribution >= 4 is 23.2 Å². The lowest BCUT2D eigenvalue weighted by molar-refractivity contribution is 0.223. The molecule has 1 aliphatic heterocycles. The zero-order valence-corrected chi connectivity index (χ0v) is 13.1. The number of hydrogen-bond donors (Lipinski definition) is 1. The standard InChI is InChI=1S/C15H22Cl2N2/c1-3-15(11-4-5-13(16)14(17)10-11)18-12-6-8-19(2)9-7-12/h4-5,10,12,15,18H,3,6-9H2,1-2H3. The lowest BCUT2D eigenvalue weighted by Gasteiger charge is -2.32. The minimum atomic E-state index is 0.364. The monoisotopic (exact) mass is 300 g/mol. The first-order chi connectivity index (χ1) is 9.10. The van der Waals surface area contributed by atoms with Crippen LogP contribution >= 0.6 is 23.2 Å². The highest BCUT2D eigenvalue weighted by Gasteiger charge is 2.20. The summed E-state index contributed by atoms with van der Waals surface area (Å²) in [6.45, 7) is 4.56. The summed E-state index contributed by atoms with van der Waals surface area (Å²) in [5.74, 6) is 0. The summed E-state index contributed by atoms with van der Waals surface area (Å²) in [6, 6.07) is 6.92. The summed E-state index contributed by atoms with van der Waals surface area (Å²) in [6.07, 6.45) is 3.49. The zero-order chi connectivity index (χ0) is 13.8. The Hall–Kier alpha value is -0.280. The highest BCUT2D eigenvalue weighted by Crippen LogP contribution is 2.27. The Morgan fingerprint density at radius 1 is 1.26 bits per heavy atom. The molecule has 1 aromatic carbocycles. The fourth-order valence-electron chi connectivity index (χ4n) is 2.64. The lowest BCUT2D eigenvalue weighted by Crippen LogP contribution is -2.42. The number of nitrogens with zero attached hydrogens (tertiary/aromatic N) is 1. The van der Waals surface area contributed by atoms with Gasteiger partial charge < -0.3 is 10.2 Å². The highest BCUT2D eigenvalue weighted by molar-refractivity contribution is 6.42. The van der Waals surface area contributed by atoms with Crippen LogP contribution in [-0.4, -0.2) is 31.1 Å². The van der Waals surface area contributed by atoms with Gasteiger partial charge in [0, 0.05) is 12.1 Å². The van der Waals surface area contributed by atoms with E-state index in [0.717, 1.165) is 6.42 Å². The van der Waals surface area contributed by atoms with E-state index >= 15 is 0 Å². The third-order valence-electron chi connectivity index (χ3n) is 3.91. The van der Waals surface area contributed by atoms with Gasteiger partial charge in [-0.2, -0.15) is 0 Å². The van der Waals surface area contributed by atoms with Gasteiger partial charge in [-0.05, 0) is 57.1 Å². The van der Waals surface area contributed by atoms with Crippen molar-refractivity contribution in [1.29, 1.82) is 0 Å². The van der Waals surface area contributed by atoms with Crippen LogP contribution in [0.4, 0.5) is 0 Å². The first-order valence-electron chi connectivity index (χ1n) is 6.99. The van der Waals surface area contributed by atoms with Gasteiger partial charge in [0.1, 0.15) is 0 Å². The minimum Gasteiger partial charge on any atom is -0.307 e. The van der Waals surface area contributed by atoms with Gasteiger partial charge in [-0.15, -0.1) is 0 Å². The molecule has 106 valence electrons. The van der Waals surface area contributed by atoms with Crippen molar-refractivity contribution in [1.82, 2.24) is 10.2 Å². The maximum atomic E-state index is 6.11. The van der Waals surface area contributed by atoms with Crippen LogP contribution < -0.4 is 5.32 Å². The Morgan fingerprint density at radius 3 is 2.53 bits per heavy atom. The first kappa shape index (κ1) is 15.1. The van der Waals surface area contributed by atoms with E-state index in [1.54, 1.807) is 0 Å². The van der Waals surface area contributed by atoms with Gasteiger partial charge in [-0.25, -0.2) is 0 Å². The molecule has 1 aliphatic rings. The second-order valence-corrected chi connectivity index (χ2v) is 6.19. The Bertz CT molecular complexity index is 415. The van der Waals surface area contributed by atoms with E-state index in [2.05, 4.69) is 30.3 Å². The number of nitrogens with one attached hydrogen (secondary N) is 1. The third-order valence-corrected chi connectivity index (χ3v) is 4.65. The summed E-state index contributed by atoms with van der Waals surface area (Å²) in [4.78, 5) is 2.39. The zero-order valence-electron chi connectivity index (χ0n) is 11.6. The molecule has 4 heteroatoms. The maximum Gasteiger partial charge on any atom is 0.0595 e. The van der Waals surface area contributed by atoms with Crippen molar-refractivity contribution in [2.75, 3.05) is 20.1 Å². The predicted molar refractivity (Wildman–Crippen MR) is 83.1 cm³/mol. The molecule has 19 heavy (non-hydrogen) atoms. The smallest absolute Gasteiger partial charge is 0.0595 e. The Labute approximate surface area is 126 Å². The second kappa shape index (κ2) is 6.94. The van der Waals surface area contributed by atoms with Crippen LogP contribution in [0, 0.1) is 0 Å². The fraction of sp³-hybridized carbons (Fsp3) is 0.600. The molecule has 2 nitrogen and oxygen atoms in total. The Balaban J connectivity index is 2.01. The average Bonchev–Trinajstić information content (AvgIpc) is 2.41. The molecule has 1 fully saturated rings. The van der Waals surface area contributed by atoms with Crippen molar-refractivity contribution in [3.63, 3.8) is 0 Å². The van der Waals surface area contributed by atoms with Gasteiger partial charge >= 0.3 is 0 Å². The predicted octanol–water partition coefficient (Wildman–Crippen LogP) is 4.13. The van der Waals surface area contributed by atoms with Crippen LogP contribution in [-0.2, 0) is 0 Å². The summed E-state index contributed by atoms with van der Waals surface area (Å²) in [7, 11) is 2.19. The van der Waals surface area contributed by atoms with E-state index in [4.69, 9.17) is 23.2 Å². The molecule has 1 aromatic rings. The van der Waals surface area contributed by atoms with E-state index in [0.29, 0.717) is 22.1 Å². The molecule has 2 rings (SSSR count). The van der Waals surface area contributed by atoms with Gasteiger partial charge in [0.2, 0.25) is 0 Å². The maximum absolute atomic E-state index is 6.11. The number of piperidine rings is 1. The molecule has 0 aromatic heterocycles. The van der Waals surface area contributed by atoms with Crippen LogP contribution in [0.3, 0.4) is 0 Å². The number of likely N-dealkylation sites (tertiary alicyclic amines) is 1. The van der Waals surface area contributed by atoms with Crippen molar-refractivity contribution in [3.8, 4) is 0 Å². The quantitative estimate of drug-likeness (QED) is 0.899. The molecule has 1 saturated heterocycles. The minimum absolute atomic E-state index is 0.364. The largest absolute Gasteiger partial charge is 0.307 e. The summed E-state index contributed by atoms with van der Waals surface area (Å²) in [5, 5.41) is 5.03. The number of benzene rings is 1. The molecular formula is C15H22Cl2N2. The Kier molecular flexibility index (Phi) is 5.52. The SMILES string of the molecule is CCC(NC1CCN(C)CC1)c1ccc(Cl)c(Cl)c1. The first-order valence-corrected chi connectivity index (χ1v) is 7.75. The summed E-state index contributed by atoms with van der Waals surface area (Å²) < 4.78 is 0. The molecule has 1 N–H and O–H groups in total. The number of rotatable bonds is 4. The molecule has 1 atom stereocenters. The van der Waals surface area contributed by atoms with E-state index in [1.165, 1.54) is 31.5 Å².